The van der Waals surface area contributed by atoms with Crippen molar-refractivity contribution >= 4 is 28.0 Å². The molecule has 0 atom stereocenters. The molecular formula is C25H23F2N5O2. The van der Waals surface area contributed by atoms with Gasteiger partial charge in [0.15, 0.2) is 5.65 Å². The molecule has 1 aliphatic rings. The summed E-state index contributed by atoms with van der Waals surface area (Å²) >= 11 is 0. The van der Waals surface area contributed by atoms with E-state index >= 15 is 0 Å². The van der Waals surface area contributed by atoms with Gasteiger partial charge in [-0.1, -0.05) is 13.8 Å². The van der Waals surface area contributed by atoms with E-state index in [0.29, 0.717) is 27.9 Å². The predicted octanol–water partition coefficient (Wildman–Crippen LogP) is 5.21. The second-order valence-electron chi connectivity index (χ2n) is 9.79. The summed E-state index contributed by atoms with van der Waals surface area (Å²) in [6.07, 6.45) is 1.46. The third-order valence-corrected chi connectivity index (χ3v) is 6.87. The van der Waals surface area contributed by atoms with Gasteiger partial charge in [-0.15, -0.1) is 0 Å². The zero-order valence-corrected chi connectivity index (χ0v) is 19.0. The van der Waals surface area contributed by atoms with Crippen molar-refractivity contribution < 1.29 is 18.7 Å². The summed E-state index contributed by atoms with van der Waals surface area (Å²) in [5.74, 6) is -2.20. The predicted molar refractivity (Wildman–Crippen MR) is 122 cm³/mol. The summed E-state index contributed by atoms with van der Waals surface area (Å²) in [7, 11) is 0. The van der Waals surface area contributed by atoms with Crippen LogP contribution < -0.4 is 0 Å². The first-order valence-corrected chi connectivity index (χ1v) is 11.0. The number of aromatic amines is 1. The Hall–Kier alpha value is -3.80. The van der Waals surface area contributed by atoms with Crippen LogP contribution in [0.25, 0.3) is 27.8 Å². The van der Waals surface area contributed by atoms with Crippen molar-refractivity contribution in [2.24, 2.45) is 0 Å². The third kappa shape index (κ3) is 3.16. The number of benzene rings is 1. The van der Waals surface area contributed by atoms with Gasteiger partial charge in [-0.3, -0.25) is 5.10 Å². The van der Waals surface area contributed by atoms with E-state index in [1.165, 1.54) is 6.07 Å². The number of H-pyrrole nitrogens is 1. The number of nitrogens with zero attached hydrogens (tertiary/aromatic N) is 4. The fourth-order valence-corrected chi connectivity index (χ4v) is 5.06. The lowest BCUT2D eigenvalue weighted by Crippen LogP contribution is -2.46. The number of aromatic nitrogens is 4. The number of nitrogens with one attached hydrogen (secondary N) is 1. The van der Waals surface area contributed by atoms with E-state index in [9.17, 15) is 23.9 Å². The number of nitriles is 1. The summed E-state index contributed by atoms with van der Waals surface area (Å²) in [5, 5.41) is 26.6. The first kappa shape index (κ1) is 22.0. The Bertz CT molecular complexity index is 1510. The Morgan fingerprint density at radius 2 is 2.12 bits per heavy atom. The molecule has 0 bridgehead atoms. The van der Waals surface area contributed by atoms with Crippen LogP contribution in [-0.4, -0.2) is 36.5 Å². The number of hydrogen-bond acceptors (Lipinski definition) is 4. The maximum Gasteiger partial charge on any atom is 0.341 e. The molecule has 7 nitrogen and oxygen atoms in total. The van der Waals surface area contributed by atoms with Gasteiger partial charge >= 0.3 is 5.97 Å². The van der Waals surface area contributed by atoms with Crippen molar-refractivity contribution in [2.75, 3.05) is 0 Å². The molecule has 0 unspecified atom stereocenters. The number of carbonyl (C=O) groups is 1. The molecule has 0 spiro atoms. The second-order valence-corrected chi connectivity index (χ2v) is 9.79. The van der Waals surface area contributed by atoms with Crippen LogP contribution in [0.15, 0.2) is 30.5 Å². The molecule has 1 saturated carbocycles. The van der Waals surface area contributed by atoms with Gasteiger partial charge < -0.3 is 9.67 Å². The highest BCUT2D eigenvalue weighted by atomic mass is 19.1. The molecule has 2 N–H and O–H groups in total. The lowest BCUT2D eigenvalue weighted by atomic mass is 9.67. The Balaban J connectivity index is 1.87. The molecule has 1 fully saturated rings. The highest BCUT2D eigenvalue weighted by molar-refractivity contribution is 5.94. The molecule has 3 aromatic heterocycles. The van der Waals surface area contributed by atoms with E-state index in [2.05, 4.69) is 16.3 Å². The van der Waals surface area contributed by atoms with Crippen LogP contribution in [0.4, 0.5) is 8.78 Å². The van der Waals surface area contributed by atoms with E-state index in [1.807, 2.05) is 24.5 Å². The molecule has 9 heteroatoms. The number of aryl methyl sites for hydroxylation is 1. The Morgan fingerprint density at radius 1 is 1.38 bits per heavy atom. The molecule has 0 saturated heterocycles. The van der Waals surface area contributed by atoms with Gasteiger partial charge in [0.1, 0.15) is 5.82 Å². The highest BCUT2D eigenvalue weighted by Crippen LogP contribution is 2.53. The third-order valence-electron chi connectivity index (χ3n) is 6.87. The quantitative estimate of drug-likeness (QED) is 0.422. The number of aliphatic carboxylic acids is 1. The number of carboxylic acid groups (broad SMARTS) is 1. The summed E-state index contributed by atoms with van der Waals surface area (Å²) < 4.78 is 30.9. The van der Waals surface area contributed by atoms with Crippen LogP contribution in [0.2, 0.25) is 0 Å². The van der Waals surface area contributed by atoms with Crippen LogP contribution >= 0.6 is 0 Å². The van der Waals surface area contributed by atoms with Gasteiger partial charge in [-0.25, -0.2) is 18.6 Å². The van der Waals surface area contributed by atoms with Crippen molar-refractivity contribution in [2.45, 2.75) is 57.0 Å². The number of alkyl halides is 1. The average Bonchev–Trinajstić information content (AvgIpc) is 3.33. The SMILES string of the molecule is Cc1cc(-n2c(C(C)(C)CC#N)c(C3CC(F)(C(=O)O)C3)c3nc4[nH]ncc4cc32)ccc1F. The molecule has 174 valence electrons. The summed E-state index contributed by atoms with van der Waals surface area (Å²) in [5.41, 5.74) is 1.50. The van der Waals surface area contributed by atoms with E-state index in [4.69, 9.17) is 4.98 Å². The van der Waals surface area contributed by atoms with Gasteiger partial charge in [0.25, 0.3) is 0 Å². The van der Waals surface area contributed by atoms with E-state index in [1.54, 1.807) is 25.3 Å². The van der Waals surface area contributed by atoms with E-state index in [-0.39, 0.29) is 25.1 Å². The maximum absolute atomic E-state index is 14.8. The minimum absolute atomic E-state index is 0.169. The van der Waals surface area contributed by atoms with Gasteiger partial charge in [-0.05, 0) is 55.5 Å². The van der Waals surface area contributed by atoms with Crippen molar-refractivity contribution in [3.05, 3.63) is 53.1 Å². The largest absolute Gasteiger partial charge is 0.479 e. The number of carboxylic acids is 1. The molecule has 4 aromatic rings. The average molecular weight is 463 g/mol. The summed E-state index contributed by atoms with van der Waals surface area (Å²) in [6, 6.07) is 8.92. The molecule has 1 aromatic carbocycles. The van der Waals surface area contributed by atoms with E-state index < -0.39 is 23.0 Å². The molecule has 34 heavy (non-hydrogen) atoms. The molecular weight excluding hydrogens is 440 g/mol. The number of rotatable bonds is 5. The zero-order chi connectivity index (χ0) is 24.4. The van der Waals surface area contributed by atoms with Gasteiger partial charge in [0.05, 0.1) is 23.3 Å². The fraction of sp³-hybridized carbons (Fsp3) is 0.360. The van der Waals surface area contributed by atoms with Crippen LogP contribution in [0.5, 0.6) is 0 Å². The fourth-order valence-electron chi connectivity index (χ4n) is 5.06. The number of pyridine rings is 1. The topological polar surface area (TPSA) is 108 Å². The minimum atomic E-state index is -2.29. The standard InChI is InChI=1S/C25H23F2N5O2/c1-13-8-16(4-5-17(13)26)32-18-9-14-12-29-31-22(14)30-20(18)19(21(32)24(2,3)6-7-28)15-10-25(27,11-15)23(33)34/h4-5,8-9,12,15H,6,10-11H2,1-3H3,(H,33,34)(H,29,30,31). The zero-order valence-electron chi connectivity index (χ0n) is 19.0. The van der Waals surface area contributed by atoms with Crippen molar-refractivity contribution in [3.8, 4) is 11.8 Å². The highest BCUT2D eigenvalue weighted by Gasteiger charge is 2.54. The summed E-state index contributed by atoms with van der Waals surface area (Å²) in [6.45, 7) is 5.52. The van der Waals surface area contributed by atoms with Crippen molar-refractivity contribution in [1.29, 1.82) is 5.26 Å². The smallest absolute Gasteiger partial charge is 0.341 e. The molecule has 0 amide bonds. The van der Waals surface area contributed by atoms with Gasteiger partial charge in [0.2, 0.25) is 5.67 Å². The number of fused-ring (bicyclic) bond motifs is 2. The first-order chi connectivity index (χ1) is 16.1. The monoisotopic (exact) mass is 463 g/mol. The molecule has 1 aliphatic carbocycles. The van der Waals surface area contributed by atoms with Crippen LogP contribution in [-0.2, 0) is 10.2 Å². The van der Waals surface area contributed by atoms with Gasteiger partial charge in [-0.2, -0.15) is 10.4 Å². The molecule has 0 aliphatic heterocycles. The molecule has 5 rings (SSSR count). The van der Waals surface area contributed by atoms with Crippen molar-refractivity contribution in [1.82, 2.24) is 19.7 Å². The first-order valence-electron chi connectivity index (χ1n) is 11.0. The van der Waals surface area contributed by atoms with Crippen LogP contribution in [0.1, 0.15) is 55.8 Å². The molecule has 3 heterocycles. The second kappa shape index (κ2) is 7.35. The Labute approximate surface area is 194 Å². The number of halogens is 2. The lowest BCUT2D eigenvalue weighted by molar-refractivity contribution is -0.158. The Kier molecular flexibility index (Phi) is 4.76. The van der Waals surface area contributed by atoms with Crippen LogP contribution in [0, 0.1) is 24.1 Å². The maximum atomic E-state index is 14.8. The summed E-state index contributed by atoms with van der Waals surface area (Å²) in [4.78, 5) is 16.3. The normalized spacial score (nSPS) is 20.4. The van der Waals surface area contributed by atoms with E-state index in [0.717, 1.165) is 16.6 Å². The van der Waals surface area contributed by atoms with Crippen molar-refractivity contribution in [3.63, 3.8) is 0 Å². The number of hydrogen-bond donors (Lipinski definition) is 2. The van der Waals surface area contributed by atoms with Gasteiger partial charge in [0, 0.05) is 34.2 Å². The van der Waals surface area contributed by atoms with Crippen LogP contribution in [0.3, 0.4) is 0 Å². The Morgan fingerprint density at radius 3 is 2.76 bits per heavy atom. The lowest BCUT2D eigenvalue weighted by Gasteiger charge is -2.39. The molecule has 0 radical (unpaired) electrons. The minimum Gasteiger partial charge on any atom is -0.479 e.